The molecule has 0 saturated heterocycles. The van der Waals surface area contributed by atoms with Gasteiger partial charge in [-0.2, -0.15) is 0 Å². The first-order valence-electron chi connectivity index (χ1n) is 8.30. The lowest BCUT2D eigenvalue weighted by atomic mass is 10.0. The molecule has 0 aromatic heterocycles. The van der Waals surface area contributed by atoms with E-state index in [1.807, 2.05) is 38.1 Å². The van der Waals surface area contributed by atoms with Crippen molar-refractivity contribution in [2.75, 3.05) is 6.54 Å². The van der Waals surface area contributed by atoms with Crippen LogP contribution in [0, 0.1) is 0 Å². The van der Waals surface area contributed by atoms with Crippen LogP contribution in [0.15, 0.2) is 66.8 Å². The first-order chi connectivity index (χ1) is 11.1. The smallest absolute Gasteiger partial charge is 0.131 e. The maximum atomic E-state index is 11.7. The van der Waals surface area contributed by atoms with Gasteiger partial charge >= 0.3 is 0 Å². The monoisotopic (exact) mass is 311 g/mol. The largest absolute Gasteiger partial charge is 0.300 e. The highest BCUT2D eigenvalue weighted by molar-refractivity contribution is 5.76. The SMILES string of the molecule is C/C=C/C=C/CN(C(/C=C/C)CC(C)=O)[C@@H](C)c1ccccc1. The van der Waals surface area contributed by atoms with Crippen LogP contribution in [0.1, 0.15) is 45.7 Å². The Bertz CT molecular complexity index is 542. The van der Waals surface area contributed by atoms with Crippen molar-refractivity contribution >= 4 is 5.78 Å². The van der Waals surface area contributed by atoms with Crippen LogP contribution >= 0.6 is 0 Å². The van der Waals surface area contributed by atoms with Crippen molar-refractivity contribution in [3.8, 4) is 0 Å². The van der Waals surface area contributed by atoms with Gasteiger partial charge in [-0.1, -0.05) is 66.8 Å². The fraction of sp³-hybridized carbons (Fsp3) is 0.381. The summed E-state index contributed by atoms with van der Waals surface area (Å²) in [4.78, 5) is 14.1. The molecular formula is C21H29NO. The quantitative estimate of drug-likeness (QED) is 0.467. The number of nitrogens with zero attached hydrogens (tertiary/aromatic N) is 1. The van der Waals surface area contributed by atoms with Crippen LogP contribution in [0.4, 0.5) is 0 Å². The summed E-state index contributed by atoms with van der Waals surface area (Å²) in [7, 11) is 0. The molecule has 1 aromatic carbocycles. The minimum atomic E-state index is 0.114. The van der Waals surface area contributed by atoms with Gasteiger partial charge in [0.25, 0.3) is 0 Å². The van der Waals surface area contributed by atoms with Crippen LogP contribution < -0.4 is 0 Å². The predicted octanol–water partition coefficient (Wildman–Crippen LogP) is 5.11. The van der Waals surface area contributed by atoms with Crippen molar-refractivity contribution in [3.05, 3.63) is 72.4 Å². The minimum Gasteiger partial charge on any atom is -0.300 e. The van der Waals surface area contributed by atoms with E-state index < -0.39 is 0 Å². The Morgan fingerprint density at radius 3 is 2.39 bits per heavy atom. The summed E-state index contributed by atoms with van der Waals surface area (Å²) < 4.78 is 0. The van der Waals surface area contributed by atoms with Gasteiger partial charge in [0.1, 0.15) is 5.78 Å². The van der Waals surface area contributed by atoms with E-state index in [2.05, 4.69) is 54.3 Å². The van der Waals surface area contributed by atoms with Crippen LogP contribution in [-0.2, 0) is 4.79 Å². The normalized spacial score (nSPS) is 15.0. The molecule has 2 heteroatoms. The van der Waals surface area contributed by atoms with Gasteiger partial charge < -0.3 is 0 Å². The van der Waals surface area contributed by atoms with Crippen molar-refractivity contribution in [3.63, 3.8) is 0 Å². The molecule has 1 rings (SSSR count). The molecule has 0 aliphatic rings. The van der Waals surface area contributed by atoms with E-state index in [0.717, 1.165) is 6.54 Å². The second-order valence-corrected chi connectivity index (χ2v) is 5.74. The van der Waals surface area contributed by atoms with Gasteiger partial charge in [0.15, 0.2) is 0 Å². The molecule has 0 heterocycles. The zero-order valence-corrected chi connectivity index (χ0v) is 14.8. The molecule has 2 nitrogen and oxygen atoms in total. The van der Waals surface area contributed by atoms with Gasteiger partial charge in [-0.15, -0.1) is 0 Å². The Labute approximate surface area is 141 Å². The molecule has 23 heavy (non-hydrogen) atoms. The predicted molar refractivity (Wildman–Crippen MR) is 99.4 cm³/mol. The molecule has 124 valence electrons. The third-order valence-electron chi connectivity index (χ3n) is 3.87. The second kappa shape index (κ2) is 10.7. The van der Waals surface area contributed by atoms with Gasteiger partial charge in [-0.05, 0) is 33.3 Å². The summed E-state index contributed by atoms with van der Waals surface area (Å²) >= 11 is 0. The zero-order valence-electron chi connectivity index (χ0n) is 14.8. The lowest BCUT2D eigenvalue weighted by Gasteiger charge is -2.34. The van der Waals surface area contributed by atoms with E-state index in [1.165, 1.54) is 5.56 Å². The Kier molecular flexibility index (Phi) is 8.93. The van der Waals surface area contributed by atoms with Gasteiger partial charge in [-0.25, -0.2) is 0 Å². The topological polar surface area (TPSA) is 20.3 Å². The number of hydrogen-bond donors (Lipinski definition) is 0. The molecule has 0 aliphatic heterocycles. The van der Waals surface area contributed by atoms with E-state index >= 15 is 0 Å². The molecule has 0 amide bonds. The van der Waals surface area contributed by atoms with Crippen LogP contribution in [0.3, 0.4) is 0 Å². The van der Waals surface area contributed by atoms with Crippen LogP contribution in [-0.4, -0.2) is 23.3 Å². The molecule has 0 radical (unpaired) electrons. The zero-order chi connectivity index (χ0) is 17.1. The molecule has 0 aliphatic carbocycles. The highest BCUT2D eigenvalue weighted by atomic mass is 16.1. The summed E-state index contributed by atoms with van der Waals surface area (Å²) in [6, 6.07) is 10.8. The Hall–Kier alpha value is -1.93. The lowest BCUT2D eigenvalue weighted by molar-refractivity contribution is -0.118. The lowest BCUT2D eigenvalue weighted by Crippen LogP contribution is -2.37. The molecule has 0 fully saturated rings. The molecule has 0 N–H and O–H groups in total. The van der Waals surface area contributed by atoms with Crippen molar-refractivity contribution in [1.29, 1.82) is 0 Å². The molecule has 1 unspecified atom stereocenters. The maximum Gasteiger partial charge on any atom is 0.131 e. The number of ketones is 1. The van der Waals surface area contributed by atoms with Gasteiger partial charge in [0, 0.05) is 25.0 Å². The number of rotatable bonds is 9. The van der Waals surface area contributed by atoms with E-state index in [1.54, 1.807) is 6.92 Å². The molecular weight excluding hydrogens is 282 g/mol. The summed E-state index contributed by atoms with van der Waals surface area (Å²) in [6.45, 7) is 8.69. The average molecular weight is 311 g/mol. The van der Waals surface area contributed by atoms with Crippen LogP contribution in [0.5, 0.6) is 0 Å². The summed E-state index contributed by atoms with van der Waals surface area (Å²) in [5.41, 5.74) is 1.27. The van der Waals surface area contributed by atoms with Crippen molar-refractivity contribution in [2.24, 2.45) is 0 Å². The Balaban J connectivity index is 3.04. The second-order valence-electron chi connectivity index (χ2n) is 5.74. The molecule has 1 aromatic rings. The molecule has 0 spiro atoms. The summed E-state index contributed by atoms with van der Waals surface area (Å²) in [5.74, 6) is 0.218. The summed E-state index contributed by atoms with van der Waals surface area (Å²) in [6.07, 6.45) is 13.0. The Morgan fingerprint density at radius 2 is 1.83 bits per heavy atom. The van der Waals surface area contributed by atoms with Gasteiger partial charge in [0.05, 0.1) is 0 Å². The number of benzene rings is 1. The highest BCUT2D eigenvalue weighted by Crippen LogP contribution is 2.24. The number of carbonyl (C=O) groups excluding carboxylic acids is 1. The van der Waals surface area contributed by atoms with E-state index in [-0.39, 0.29) is 17.9 Å². The van der Waals surface area contributed by atoms with E-state index in [0.29, 0.717) is 6.42 Å². The van der Waals surface area contributed by atoms with Gasteiger partial charge in [0.2, 0.25) is 0 Å². The van der Waals surface area contributed by atoms with E-state index in [9.17, 15) is 4.79 Å². The number of Topliss-reactive ketones (excluding diaryl/α,β-unsaturated/α-hetero) is 1. The maximum absolute atomic E-state index is 11.7. The third-order valence-corrected chi connectivity index (χ3v) is 3.87. The first kappa shape index (κ1) is 19.1. The number of carbonyl (C=O) groups is 1. The first-order valence-corrected chi connectivity index (χ1v) is 8.30. The van der Waals surface area contributed by atoms with Crippen molar-refractivity contribution in [2.45, 2.75) is 46.2 Å². The highest BCUT2D eigenvalue weighted by Gasteiger charge is 2.22. The van der Waals surface area contributed by atoms with Crippen LogP contribution in [0.2, 0.25) is 0 Å². The standard InChI is InChI=1S/C21H29NO/c1-5-7-8-12-16-22(21(13-6-2)17-18(3)23)19(4)20-14-10-9-11-15-20/h5-15,19,21H,16-17H2,1-4H3/b7-5+,12-8+,13-6+/t19-,21?/m0/s1. The number of allylic oxidation sites excluding steroid dienone is 4. The molecule has 0 saturated carbocycles. The van der Waals surface area contributed by atoms with E-state index in [4.69, 9.17) is 0 Å². The Morgan fingerprint density at radius 1 is 1.13 bits per heavy atom. The number of hydrogen-bond acceptors (Lipinski definition) is 2. The van der Waals surface area contributed by atoms with Gasteiger partial charge in [-0.3, -0.25) is 9.69 Å². The minimum absolute atomic E-state index is 0.114. The van der Waals surface area contributed by atoms with Crippen molar-refractivity contribution in [1.82, 2.24) is 4.90 Å². The fourth-order valence-corrected chi connectivity index (χ4v) is 2.69. The van der Waals surface area contributed by atoms with Crippen molar-refractivity contribution < 1.29 is 4.79 Å². The molecule has 0 bridgehead atoms. The average Bonchev–Trinajstić information content (AvgIpc) is 2.54. The fourth-order valence-electron chi connectivity index (χ4n) is 2.69. The van der Waals surface area contributed by atoms with Crippen LogP contribution in [0.25, 0.3) is 0 Å². The molecule has 2 atom stereocenters. The summed E-state index contributed by atoms with van der Waals surface area (Å²) in [5, 5.41) is 0. The third kappa shape index (κ3) is 6.79.